The van der Waals surface area contributed by atoms with E-state index in [-0.39, 0.29) is 54.0 Å². The number of ether oxygens (including phenoxy) is 2. The second kappa shape index (κ2) is 10.2. The molecule has 2 aromatic carbocycles. The highest BCUT2D eigenvalue weighted by atomic mass is 19.4. The fraction of sp³-hybridized carbons (Fsp3) is 0.462. The Labute approximate surface area is 215 Å². The first kappa shape index (κ1) is 27.9. The first-order valence-corrected chi connectivity index (χ1v) is 11.9. The standard InChI is InChI=1S/C26H27F6N3O3/c1-14-34-20-12-19(26(30,31)32)21(38-10-9-37-16-7-8-16)11-17(20)23(35-14)33-13-15-5-4-6-18(22(15)27)25(28,29)24(2,3)36/h4-6,11-12,16,36H,7-10,13H2,1-3H3,(H,33,34,35). The van der Waals surface area contributed by atoms with Crippen LogP contribution in [0.5, 0.6) is 5.75 Å². The van der Waals surface area contributed by atoms with Gasteiger partial charge in [0.1, 0.15) is 35.4 Å². The number of hydrogen-bond acceptors (Lipinski definition) is 6. The molecule has 0 spiro atoms. The van der Waals surface area contributed by atoms with Gasteiger partial charge in [-0.05, 0) is 51.8 Å². The number of aliphatic hydroxyl groups is 1. The largest absolute Gasteiger partial charge is 0.491 e. The lowest BCUT2D eigenvalue weighted by Crippen LogP contribution is -2.41. The molecule has 0 saturated heterocycles. The van der Waals surface area contributed by atoms with Crippen LogP contribution in [0.3, 0.4) is 0 Å². The predicted molar refractivity (Wildman–Crippen MR) is 128 cm³/mol. The summed E-state index contributed by atoms with van der Waals surface area (Å²) in [4.78, 5) is 8.32. The molecule has 1 saturated carbocycles. The molecule has 38 heavy (non-hydrogen) atoms. The zero-order chi connectivity index (χ0) is 27.9. The topological polar surface area (TPSA) is 76.5 Å². The van der Waals surface area contributed by atoms with Crippen LogP contribution in [-0.4, -0.2) is 40.0 Å². The maximum Gasteiger partial charge on any atom is 0.420 e. The van der Waals surface area contributed by atoms with E-state index in [0.29, 0.717) is 0 Å². The zero-order valence-electron chi connectivity index (χ0n) is 20.9. The molecule has 2 N–H and O–H groups in total. The van der Waals surface area contributed by atoms with Crippen LogP contribution in [0.2, 0.25) is 0 Å². The first-order valence-electron chi connectivity index (χ1n) is 11.9. The molecule has 0 bridgehead atoms. The number of alkyl halides is 5. The maximum atomic E-state index is 15.1. The van der Waals surface area contributed by atoms with Crippen LogP contribution in [0.15, 0.2) is 30.3 Å². The van der Waals surface area contributed by atoms with Crippen LogP contribution in [-0.2, 0) is 23.4 Å². The van der Waals surface area contributed by atoms with Crippen LogP contribution in [0, 0.1) is 12.7 Å². The minimum atomic E-state index is -4.72. The highest BCUT2D eigenvalue weighted by molar-refractivity contribution is 5.91. The van der Waals surface area contributed by atoms with Gasteiger partial charge in [-0.2, -0.15) is 22.0 Å². The van der Waals surface area contributed by atoms with Gasteiger partial charge in [0.05, 0.1) is 29.4 Å². The number of hydrogen-bond donors (Lipinski definition) is 2. The summed E-state index contributed by atoms with van der Waals surface area (Å²) in [6.45, 7) is 2.93. The monoisotopic (exact) mass is 543 g/mol. The van der Waals surface area contributed by atoms with E-state index in [1.165, 1.54) is 19.1 Å². The van der Waals surface area contributed by atoms with E-state index in [4.69, 9.17) is 9.47 Å². The predicted octanol–water partition coefficient (Wildman–Crippen LogP) is 6.13. The smallest absolute Gasteiger partial charge is 0.420 e. The van der Waals surface area contributed by atoms with Crippen molar-refractivity contribution in [2.24, 2.45) is 0 Å². The number of halogens is 6. The molecule has 12 heteroatoms. The third-order valence-electron chi connectivity index (χ3n) is 6.06. The molecule has 1 aliphatic carbocycles. The van der Waals surface area contributed by atoms with Gasteiger partial charge >= 0.3 is 12.1 Å². The van der Waals surface area contributed by atoms with Crippen molar-refractivity contribution in [1.29, 1.82) is 0 Å². The van der Waals surface area contributed by atoms with Crippen LogP contribution >= 0.6 is 0 Å². The third kappa shape index (κ3) is 5.96. The van der Waals surface area contributed by atoms with Crippen LogP contribution < -0.4 is 10.1 Å². The molecule has 6 nitrogen and oxygen atoms in total. The maximum absolute atomic E-state index is 15.1. The van der Waals surface area contributed by atoms with E-state index in [1.807, 2.05) is 0 Å². The Balaban J connectivity index is 1.65. The van der Waals surface area contributed by atoms with Gasteiger partial charge in [0.25, 0.3) is 0 Å². The van der Waals surface area contributed by atoms with Crippen LogP contribution in [0.1, 0.15) is 49.2 Å². The number of nitrogens with one attached hydrogen (secondary N) is 1. The van der Waals surface area contributed by atoms with Gasteiger partial charge in [0.15, 0.2) is 0 Å². The molecule has 1 heterocycles. The van der Waals surface area contributed by atoms with Gasteiger partial charge in [-0.3, -0.25) is 0 Å². The average Bonchev–Trinajstić information content (AvgIpc) is 3.63. The molecule has 0 atom stereocenters. The van der Waals surface area contributed by atoms with Gasteiger partial charge in [0, 0.05) is 17.5 Å². The molecule has 0 aliphatic heterocycles. The number of rotatable bonds is 10. The van der Waals surface area contributed by atoms with E-state index in [0.717, 1.165) is 44.9 Å². The summed E-state index contributed by atoms with van der Waals surface area (Å²) < 4.78 is 96.5. The van der Waals surface area contributed by atoms with E-state index in [9.17, 15) is 27.1 Å². The van der Waals surface area contributed by atoms with Crippen molar-refractivity contribution in [1.82, 2.24) is 9.97 Å². The van der Waals surface area contributed by atoms with Gasteiger partial charge in [0.2, 0.25) is 0 Å². The number of aryl methyl sites for hydroxylation is 1. The van der Waals surface area contributed by atoms with Crippen molar-refractivity contribution < 1.29 is 40.9 Å². The van der Waals surface area contributed by atoms with E-state index in [2.05, 4.69) is 15.3 Å². The Morgan fingerprint density at radius 1 is 1.03 bits per heavy atom. The first-order chi connectivity index (χ1) is 17.7. The fourth-order valence-electron chi connectivity index (χ4n) is 3.82. The Morgan fingerprint density at radius 2 is 1.74 bits per heavy atom. The summed E-state index contributed by atoms with van der Waals surface area (Å²) in [5, 5.41) is 12.8. The summed E-state index contributed by atoms with van der Waals surface area (Å²) >= 11 is 0. The number of nitrogens with zero attached hydrogens (tertiary/aromatic N) is 2. The highest BCUT2D eigenvalue weighted by Crippen LogP contribution is 2.41. The second-order valence-corrected chi connectivity index (χ2v) is 9.67. The molecule has 206 valence electrons. The Hall–Kier alpha value is -3.12. The van der Waals surface area contributed by atoms with Crippen LogP contribution in [0.4, 0.5) is 32.2 Å². The summed E-state index contributed by atoms with van der Waals surface area (Å²) in [6, 6.07) is 5.38. The molecule has 1 aromatic heterocycles. The van der Waals surface area contributed by atoms with Crippen molar-refractivity contribution >= 4 is 16.7 Å². The summed E-state index contributed by atoms with van der Waals surface area (Å²) in [7, 11) is 0. The number of anilines is 1. The minimum Gasteiger partial charge on any atom is -0.491 e. The second-order valence-electron chi connectivity index (χ2n) is 9.67. The number of benzene rings is 2. The van der Waals surface area contributed by atoms with Crippen molar-refractivity contribution in [2.75, 3.05) is 18.5 Å². The lowest BCUT2D eigenvalue weighted by atomic mass is 9.92. The normalized spacial score (nSPS) is 14.7. The molecule has 0 amide bonds. The molecule has 4 rings (SSSR count). The third-order valence-corrected chi connectivity index (χ3v) is 6.06. The number of fused-ring (bicyclic) bond motifs is 1. The van der Waals surface area contributed by atoms with Crippen molar-refractivity contribution in [3.63, 3.8) is 0 Å². The zero-order valence-corrected chi connectivity index (χ0v) is 20.9. The Bertz CT molecular complexity index is 1320. The summed E-state index contributed by atoms with van der Waals surface area (Å²) in [6.07, 6.45) is -2.78. The van der Waals surface area contributed by atoms with Crippen molar-refractivity contribution in [3.8, 4) is 5.75 Å². The average molecular weight is 544 g/mol. The van der Waals surface area contributed by atoms with Gasteiger partial charge < -0.3 is 19.9 Å². The lowest BCUT2D eigenvalue weighted by Gasteiger charge is -2.30. The van der Waals surface area contributed by atoms with E-state index in [1.54, 1.807) is 0 Å². The van der Waals surface area contributed by atoms with E-state index >= 15 is 4.39 Å². The summed E-state index contributed by atoms with van der Waals surface area (Å²) in [5.41, 5.74) is -4.70. The molecule has 3 aromatic rings. The molecule has 0 radical (unpaired) electrons. The number of aromatic nitrogens is 2. The lowest BCUT2D eigenvalue weighted by molar-refractivity contribution is -0.170. The minimum absolute atomic E-state index is 0.0308. The van der Waals surface area contributed by atoms with Crippen molar-refractivity contribution in [3.05, 3.63) is 58.7 Å². The molecule has 0 unspecified atom stereocenters. The van der Waals surface area contributed by atoms with Gasteiger partial charge in [-0.25, -0.2) is 14.4 Å². The summed E-state index contributed by atoms with van der Waals surface area (Å²) in [5.74, 6) is -5.34. The molecule has 1 fully saturated rings. The molecule has 1 aliphatic rings. The molecular weight excluding hydrogens is 516 g/mol. The SMILES string of the molecule is Cc1nc(NCc2cccc(C(F)(F)C(C)(C)O)c2F)c2cc(OCCOC3CC3)c(C(F)(F)F)cc2n1. The van der Waals surface area contributed by atoms with E-state index < -0.39 is 40.4 Å². The fourth-order valence-corrected chi connectivity index (χ4v) is 3.82. The van der Waals surface area contributed by atoms with Crippen LogP contribution in [0.25, 0.3) is 10.9 Å². The Kier molecular flexibility index (Phi) is 7.50. The van der Waals surface area contributed by atoms with Gasteiger partial charge in [-0.1, -0.05) is 12.1 Å². The Morgan fingerprint density at radius 3 is 2.37 bits per heavy atom. The van der Waals surface area contributed by atoms with Crippen molar-refractivity contribution in [2.45, 2.75) is 64.0 Å². The highest BCUT2D eigenvalue weighted by Gasteiger charge is 2.49. The van der Waals surface area contributed by atoms with Gasteiger partial charge in [-0.15, -0.1) is 0 Å². The quantitative estimate of drug-likeness (QED) is 0.237. The molecular formula is C26H27F6N3O3.